The number of para-hydroxylation sites is 2. The van der Waals surface area contributed by atoms with E-state index in [1.54, 1.807) is 11.5 Å². The third-order valence-electron chi connectivity index (χ3n) is 4.92. The molecule has 0 atom stereocenters. The van der Waals surface area contributed by atoms with Crippen molar-refractivity contribution in [1.29, 1.82) is 0 Å². The van der Waals surface area contributed by atoms with Crippen LogP contribution in [0.25, 0.3) is 16.6 Å². The van der Waals surface area contributed by atoms with Gasteiger partial charge in [-0.2, -0.15) is 5.10 Å². The molecule has 7 nitrogen and oxygen atoms in total. The number of hydrogen-bond donors (Lipinski definition) is 3. The summed E-state index contributed by atoms with van der Waals surface area (Å²) >= 11 is 0. The van der Waals surface area contributed by atoms with Crippen molar-refractivity contribution >= 4 is 28.5 Å². The second kappa shape index (κ2) is 8.16. The summed E-state index contributed by atoms with van der Waals surface area (Å²) in [5.41, 5.74) is 5.13. The number of aromatic hydroxyl groups is 1. The quantitative estimate of drug-likeness (QED) is 0.337. The maximum absolute atomic E-state index is 12.5. The first-order valence-corrected chi connectivity index (χ1v) is 9.53. The summed E-state index contributed by atoms with van der Waals surface area (Å²) < 4.78 is 1.72. The number of nitrogens with zero attached hydrogens (tertiary/aromatic N) is 2. The number of carbonyl (C=O) groups is 2. The van der Waals surface area contributed by atoms with Crippen molar-refractivity contribution in [3.05, 3.63) is 95.6 Å². The summed E-state index contributed by atoms with van der Waals surface area (Å²) in [5, 5.41) is 25.1. The van der Waals surface area contributed by atoms with E-state index in [1.807, 2.05) is 54.6 Å². The number of fused-ring (bicyclic) bond motifs is 1. The monoisotopic (exact) mass is 413 g/mol. The van der Waals surface area contributed by atoms with Crippen molar-refractivity contribution in [3.63, 3.8) is 0 Å². The predicted octanol–water partition coefficient (Wildman–Crippen LogP) is 4.19. The van der Waals surface area contributed by atoms with E-state index in [9.17, 15) is 14.7 Å². The molecule has 4 aromatic rings. The molecule has 0 saturated heterocycles. The van der Waals surface area contributed by atoms with Gasteiger partial charge in [-0.25, -0.2) is 10.2 Å². The van der Waals surface area contributed by atoms with Crippen LogP contribution in [0.15, 0.2) is 84.0 Å². The SMILES string of the molecule is CC(=NNC(=O)c1cccc(C(=O)O)c1)c1c(O)n(-c2ccccc2)c2ccccc12. The summed E-state index contributed by atoms with van der Waals surface area (Å²) in [6.45, 7) is 1.69. The van der Waals surface area contributed by atoms with Gasteiger partial charge in [0.25, 0.3) is 5.91 Å². The van der Waals surface area contributed by atoms with Crippen LogP contribution < -0.4 is 5.43 Å². The highest BCUT2D eigenvalue weighted by Gasteiger charge is 2.20. The molecule has 0 fully saturated rings. The first kappa shape index (κ1) is 19.9. The third-order valence-corrected chi connectivity index (χ3v) is 4.92. The number of nitrogens with one attached hydrogen (secondary N) is 1. The molecule has 1 heterocycles. The Morgan fingerprint density at radius 2 is 1.58 bits per heavy atom. The molecule has 0 saturated carbocycles. The number of benzene rings is 3. The topological polar surface area (TPSA) is 104 Å². The lowest BCUT2D eigenvalue weighted by atomic mass is 10.1. The Morgan fingerprint density at radius 1 is 0.903 bits per heavy atom. The molecule has 31 heavy (non-hydrogen) atoms. The van der Waals surface area contributed by atoms with E-state index in [0.29, 0.717) is 11.3 Å². The van der Waals surface area contributed by atoms with Gasteiger partial charge in [-0.1, -0.05) is 42.5 Å². The first-order valence-electron chi connectivity index (χ1n) is 9.53. The summed E-state index contributed by atoms with van der Waals surface area (Å²) in [6.07, 6.45) is 0. The van der Waals surface area contributed by atoms with Gasteiger partial charge in [0.2, 0.25) is 5.88 Å². The molecule has 1 amide bonds. The average molecular weight is 413 g/mol. The van der Waals surface area contributed by atoms with Crippen LogP contribution in [-0.2, 0) is 0 Å². The number of amides is 1. The van der Waals surface area contributed by atoms with E-state index >= 15 is 0 Å². The van der Waals surface area contributed by atoms with E-state index < -0.39 is 11.9 Å². The third kappa shape index (κ3) is 3.76. The Hall–Kier alpha value is -4.39. The summed E-state index contributed by atoms with van der Waals surface area (Å²) in [7, 11) is 0. The molecule has 0 spiro atoms. The number of carbonyl (C=O) groups excluding carboxylic acids is 1. The van der Waals surface area contributed by atoms with Crippen LogP contribution in [0.5, 0.6) is 5.88 Å². The van der Waals surface area contributed by atoms with E-state index in [0.717, 1.165) is 16.6 Å². The fraction of sp³-hybridized carbons (Fsp3) is 0.0417. The Balaban J connectivity index is 1.71. The molecule has 0 aliphatic rings. The van der Waals surface area contributed by atoms with E-state index in [4.69, 9.17) is 5.11 Å². The van der Waals surface area contributed by atoms with Crippen LogP contribution in [0.2, 0.25) is 0 Å². The Labute approximate surface area is 177 Å². The van der Waals surface area contributed by atoms with Crippen LogP contribution in [-0.4, -0.2) is 32.4 Å². The van der Waals surface area contributed by atoms with Gasteiger partial charge in [0.05, 0.1) is 22.4 Å². The normalized spacial score (nSPS) is 11.5. The summed E-state index contributed by atoms with van der Waals surface area (Å²) in [6, 6.07) is 22.7. The lowest BCUT2D eigenvalue weighted by Gasteiger charge is -2.07. The fourth-order valence-corrected chi connectivity index (χ4v) is 3.47. The highest BCUT2D eigenvalue weighted by Crippen LogP contribution is 2.34. The van der Waals surface area contributed by atoms with Crippen molar-refractivity contribution in [2.75, 3.05) is 0 Å². The smallest absolute Gasteiger partial charge is 0.335 e. The number of hydrazone groups is 1. The van der Waals surface area contributed by atoms with Crippen molar-refractivity contribution in [3.8, 4) is 11.6 Å². The maximum Gasteiger partial charge on any atom is 0.335 e. The van der Waals surface area contributed by atoms with Gasteiger partial charge < -0.3 is 10.2 Å². The fourth-order valence-electron chi connectivity index (χ4n) is 3.47. The number of carboxylic acids is 1. The highest BCUT2D eigenvalue weighted by atomic mass is 16.4. The lowest BCUT2D eigenvalue weighted by Crippen LogP contribution is -2.19. The molecule has 0 bridgehead atoms. The number of hydrogen-bond acceptors (Lipinski definition) is 4. The van der Waals surface area contributed by atoms with Crippen LogP contribution in [0.1, 0.15) is 33.2 Å². The standard InChI is InChI=1S/C24H19N3O4/c1-15(25-26-22(28)16-8-7-9-17(14-16)24(30)31)21-19-12-5-6-13-20(19)27(23(21)29)18-10-3-2-4-11-18/h2-14,29H,1H3,(H,26,28)(H,30,31). The van der Waals surface area contributed by atoms with Gasteiger partial charge in [-0.15, -0.1) is 0 Å². The minimum absolute atomic E-state index is 0.00998. The molecule has 154 valence electrons. The van der Waals surface area contributed by atoms with Crippen molar-refractivity contribution in [1.82, 2.24) is 9.99 Å². The van der Waals surface area contributed by atoms with Gasteiger partial charge in [0, 0.05) is 16.6 Å². The molecule has 3 N–H and O–H groups in total. The number of aromatic carboxylic acids is 1. The van der Waals surface area contributed by atoms with Gasteiger partial charge >= 0.3 is 5.97 Å². The molecular formula is C24H19N3O4. The maximum atomic E-state index is 12.5. The Bertz CT molecular complexity index is 1320. The molecule has 0 aliphatic heterocycles. The van der Waals surface area contributed by atoms with Gasteiger partial charge in [0.1, 0.15) is 0 Å². The van der Waals surface area contributed by atoms with E-state index in [2.05, 4.69) is 10.5 Å². The molecule has 0 radical (unpaired) electrons. The van der Waals surface area contributed by atoms with Gasteiger partial charge in [0.15, 0.2) is 0 Å². The predicted molar refractivity (Wildman–Crippen MR) is 118 cm³/mol. The minimum Gasteiger partial charge on any atom is -0.494 e. The molecule has 7 heteroatoms. The van der Waals surface area contributed by atoms with Crippen molar-refractivity contribution in [2.45, 2.75) is 6.92 Å². The molecule has 0 aliphatic carbocycles. The zero-order chi connectivity index (χ0) is 22.0. The average Bonchev–Trinajstić information content (AvgIpc) is 3.09. The Morgan fingerprint density at radius 3 is 2.32 bits per heavy atom. The van der Waals surface area contributed by atoms with Crippen LogP contribution >= 0.6 is 0 Å². The summed E-state index contributed by atoms with van der Waals surface area (Å²) in [4.78, 5) is 23.6. The number of carboxylic acid groups (broad SMARTS) is 1. The first-order chi connectivity index (χ1) is 15.0. The largest absolute Gasteiger partial charge is 0.494 e. The summed E-state index contributed by atoms with van der Waals surface area (Å²) in [5.74, 6) is -1.66. The molecule has 1 aromatic heterocycles. The van der Waals surface area contributed by atoms with Crippen LogP contribution in [0.3, 0.4) is 0 Å². The zero-order valence-electron chi connectivity index (χ0n) is 16.6. The highest BCUT2D eigenvalue weighted by molar-refractivity contribution is 6.13. The van der Waals surface area contributed by atoms with Gasteiger partial charge in [-0.05, 0) is 43.3 Å². The second-order valence-corrected chi connectivity index (χ2v) is 6.91. The van der Waals surface area contributed by atoms with E-state index in [-0.39, 0.29) is 17.0 Å². The van der Waals surface area contributed by atoms with Crippen molar-refractivity contribution in [2.24, 2.45) is 5.10 Å². The van der Waals surface area contributed by atoms with Crippen LogP contribution in [0.4, 0.5) is 0 Å². The van der Waals surface area contributed by atoms with Crippen molar-refractivity contribution < 1.29 is 19.8 Å². The minimum atomic E-state index is -1.12. The number of aromatic nitrogens is 1. The molecule has 3 aromatic carbocycles. The molecule has 4 rings (SSSR count). The Kier molecular flexibility index (Phi) is 5.24. The van der Waals surface area contributed by atoms with Gasteiger partial charge in [-0.3, -0.25) is 9.36 Å². The van der Waals surface area contributed by atoms with Crippen LogP contribution in [0, 0.1) is 0 Å². The van der Waals surface area contributed by atoms with E-state index in [1.165, 1.54) is 24.3 Å². The molecular weight excluding hydrogens is 394 g/mol. The number of rotatable bonds is 5. The molecule has 0 unspecified atom stereocenters. The lowest BCUT2D eigenvalue weighted by molar-refractivity contribution is 0.0697. The zero-order valence-corrected chi connectivity index (χ0v) is 16.6. The second-order valence-electron chi connectivity index (χ2n) is 6.91.